The van der Waals surface area contributed by atoms with Gasteiger partial charge in [0.2, 0.25) is 5.91 Å². The van der Waals surface area contributed by atoms with E-state index in [1.807, 2.05) is 31.2 Å². The summed E-state index contributed by atoms with van der Waals surface area (Å²) in [4.78, 5) is 26.0. The smallest absolute Gasteiger partial charge is 0.254 e. The molecule has 0 spiro atoms. The van der Waals surface area contributed by atoms with E-state index in [1.54, 1.807) is 29.7 Å². The van der Waals surface area contributed by atoms with Crippen LogP contribution in [0.1, 0.15) is 40.7 Å². The van der Waals surface area contributed by atoms with Gasteiger partial charge in [-0.05, 0) is 48.7 Å². The molecule has 0 bridgehead atoms. The molecule has 4 N–H and O–H groups in total. The first-order valence-electron chi connectivity index (χ1n) is 10.8. The predicted octanol–water partition coefficient (Wildman–Crippen LogP) is 2.39. The minimum Gasteiger partial charge on any atom is -0.395 e. The summed E-state index contributed by atoms with van der Waals surface area (Å²) in [6.45, 7) is 2.08. The number of nitrogens with one attached hydrogen (secondary N) is 1. The minimum absolute atomic E-state index is 0.0376. The number of halogens is 1. The Bertz CT molecular complexity index is 870. The van der Waals surface area contributed by atoms with Crippen LogP contribution in [0, 0.1) is 0 Å². The van der Waals surface area contributed by atoms with Crippen molar-refractivity contribution in [3.63, 3.8) is 0 Å². The van der Waals surface area contributed by atoms with Gasteiger partial charge in [-0.2, -0.15) is 0 Å². The molecular formula is C24H31ClN2O6. The van der Waals surface area contributed by atoms with Gasteiger partial charge in [-0.1, -0.05) is 35.9 Å². The van der Waals surface area contributed by atoms with Crippen molar-refractivity contribution >= 4 is 23.4 Å². The maximum Gasteiger partial charge on any atom is 0.254 e. The second-order valence-electron chi connectivity index (χ2n) is 7.53. The van der Waals surface area contributed by atoms with Crippen LogP contribution in [0.2, 0.25) is 5.02 Å². The van der Waals surface area contributed by atoms with Crippen LogP contribution in [-0.4, -0.2) is 71.1 Å². The van der Waals surface area contributed by atoms with Crippen LogP contribution in [-0.2, 0) is 16.0 Å². The van der Waals surface area contributed by atoms with Gasteiger partial charge in [-0.15, -0.1) is 0 Å². The molecule has 9 heteroatoms. The summed E-state index contributed by atoms with van der Waals surface area (Å²) in [7, 11) is 0. The van der Waals surface area contributed by atoms with E-state index in [4.69, 9.17) is 21.5 Å². The molecule has 8 nitrogen and oxygen atoms in total. The average Bonchev–Trinajstić information content (AvgIpc) is 2.83. The quantitative estimate of drug-likeness (QED) is 0.259. The molecule has 180 valence electrons. The lowest BCUT2D eigenvalue weighted by atomic mass is 9.85. The fourth-order valence-corrected chi connectivity index (χ4v) is 3.84. The Kier molecular flexibility index (Phi) is 11.3. The topological polar surface area (TPSA) is 119 Å². The lowest BCUT2D eigenvalue weighted by Gasteiger charge is -2.28. The van der Waals surface area contributed by atoms with Gasteiger partial charge in [-0.25, -0.2) is 5.48 Å². The van der Waals surface area contributed by atoms with Crippen molar-refractivity contribution < 1.29 is 29.7 Å². The normalized spacial score (nSPS) is 12.8. The van der Waals surface area contributed by atoms with E-state index in [0.717, 1.165) is 11.1 Å². The third kappa shape index (κ3) is 8.10. The first-order valence-corrected chi connectivity index (χ1v) is 11.2. The van der Waals surface area contributed by atoms with Crippen molar-refractivity contribution in [3.8, 4) is 0 Å². The lowest BCUT2D eigenvalue weighted by Crippen LogP contribution is -2.36. The SMILES string of the molecule is CCOC(CC(=O)NO)C(Cc1ccc(Cl)cc1)c1ccc(C(=O)N(CCO)CCO)cc1. The molecule has 2 rings (SSSR count). The average molecular weight is 479 g/mol. The van der Waals surface area contributed by atoms with E-state index in [1.165, 1.54) is 4.90 Å². The second kappa shape index (κ2) is 13.9. The highest BCUT2D eigenvalue weighted by Crippen LogP contribution is 2.29. The number of rotatable bonds is 13. The van der Waals surface area contributed by atoms with E-state index in [-0.39, 0.29) is 44.5 Å². The highest BCUT2D eigenvalue weighted by Gasteiger charge is 2.27. The Morgan fingerprint density at radius 1 is 1.03 bits per heavy atom. The van der Waals surface area contributed by atoms with Gasteiger partial charge in [-0.3, -0.25) is 14.8 Å². The van der Waals surface area contributed by atoms with Crippen LogP contribution >= 0.6 is 11.6 Å². The Morgan fingerprint density at radius 3 is 2.15 bits per heavy atom. The zero-order valence-electron chi connectivity index (χ0n) is 18.6. The summed E-state index contributed by atoms with van der Waals surface area (Å²) >= 11 is 6.01. The number of aliphatic hydroxyl groups is 2. The summed E-state index contributed by atoms with van der Waals surface area (Å²) in [5, 5.41) is 28.0. The highest BCUT2D eigenvalue weighted by atomic mass is 35.5. The largest absolute Gasteiger partial charge is 0.395 e. The van der Waals surface area contributed by atoms with Crippen LogP contribution in [0.25, 0.3) is 0 Å². The van der Waals surface area contributed by atoms with Crippen LogP contribution in [0.4, 0.5) is 0 Å². The Hall–Kier alpha value is -2.49. The van der Waals surface area contributed by atoms with Gasteiger partial charge in [0, 0.05) is 36.2 Å². The number of hydrogen-bond donors (Lipinski definition) is 4. The van der Waals surface area contributed by atoms with Crippen molar-refractivity contribution in [2.24, 2.45) is 0 Å². The molecule has 0 radical (unpaired) electrons. The molecule has 0 aliphatic carbocycles. The molecule has 0 heterocycles. The predicted molar refractivity (Wildman–Crippen MR) is 124 cm³/mol. The zero-order chi connectivity index (χ0) is 24.2. The van der Waals surface area contributed by atoms with Gasteiger partial charge in [0.05, 0.1) is 25.7 Å². The standard InChI is InChI=1S/C24H31ClN2O6/c1-2-33-22(16-23(30)26-32)21(15-17-3-9-20(25)10-4-17)18-5-7-19(8-6-18)24(31)27(11-13-28)12-14-29/h3-10,21-22,28-29,32H,2,11-16H2,1H3,(H,26,30). The van der Waals surface area contributed by atoms with Crippen molar-refractivity contribution in [2.75, 3.05) is 32.9 Å². The number of hydrogen-bond acceptors (Lipinski definition) is 6. The number of benzene rings is 2. The number of carbonyl (C=O) groups excluding carboxylic acids is 2. The van der Waals surface area contributed by atoms with Gasteiger partial charge in [0.15, 0.2) is 0 Å². The number of amides is 2. The molecule has 2 aromatic carbocycles. The monoisotopic (exact) mass is 478 g/mol. The number of aliphatic hydroxyl groups excluding tert-OH is 2. The van der Waals surface area contributed by atoms with Gasteiger partial charge < -0.3 is 19.8 Å². The van der Waals surface area contributed by atoms with Crippen LogP contribution < -0.4 is 5.48 Å². The van der Waals surface area contributed by atoms with E-state index >= 15 is 0 Å². The molecule has 2 amide bonds. The Balaban J connectivity index is 2.35. The maximum absolute atomic E-state index is 12.7. The van der Waals surface area contributed by atoms with Crippen molar-refractivity contribution in [1.82, 2.24) is 10.4 Å². The van der Waals surface area contributed by atoms with Crippen LogP contribution in [0.5, 0.6) is 0 Å². The first kappa shape index (κ1) is 26.8. The molecule has 33 heavy (non-hydrogen) atoms. The second-order valence-corrected chi connectivity index (χ2v) is 7.97. The fraction of sp³-hybridized carbons (Fsp3) is 0.417. The van der Waals surface area contributed by atoms with Crippen LogP contribution in [0.15, 0.2) is 48.5 Å². The third-order valence-corrected chi connectivity index (χ3v) is 5.57. The molecule has 0 saturated heterocycles. The molecule has 2 aromatic rings. The number of hydroxylamine groups is 1. The van der Waals surface area contributed by atoms with E-state index in [9.17, 15) is 19.8 Å². The van der Waals surface area contributed by atoms with E-state index in [2.05, 4.69) is 0 Å². The summed E-state index contributed by atoms with van der Waals surface area (Å²) < 4.78 is 5.88. The van der Waals surface area contributed by atoms with E-state index < -0.39 is 12.0 Å². The molecule has 0 aromatic heterocycles. The summed E-state index contributed by atoms with van der Waals surface area (Å²) in [5.41, 5.74) is 3.95. The Labute approximate surface area is 198 Å². The molecule has 0 aliphatic rings. The third-order valence-electron chi connectivity index (χ3n) is 5.32. The molecule has 2 atom stereocenters. The summed E-state index contributed by atoms with van der Waals surface area (Å²) in [6.07, 6.45) is -0.00127. The molecular weight excluding hydrogens is 448 g/mol. The molecule has 0 saturated carbocycles. The van der Waals surface area contributed by atoms with Crippen LogP contribution in [0.3, 0.4) is 0 Å². The fourth-order valence-electron chi connectivity index (χ4n) is 3.71. The first-order chi connectivity index (χ1) is 15.9. The van der Waals surface area contributed by atoms with Crippen molar-refractivity contribution in [1.29, 1.82) is 0 Å². The zero-order valence-corrected chi connectivity index (χ0v) is 19.4. The van der Waals surface area contributed by atoms with E-state index in [0.29, 0.717) is 23.6 Å². The van der Waals surface area contributed by atoms with Crippen molar-refractivity contribution in [3.05, 3.63) is 70.2 Å². The molecule has 0 aliphatic heterocycles. The summed E-state index contributed by atoms with van der Waals surface area (Å²) in [6, 6.07) is 14.4. The summed E-state index contributed by atoms with van der Waals surface area (Å²) in [5.74, 6) is -1.08. The molecule has 0 fully saturated rings. The Morgan fingerprint density at radius 2 is 1.64 bits per heavy atom. The van der Waals surface area contributed by atoms with Gasteiger partial charge in [0.25, 0.3) is 5.91 Å². The number of ether oxygens (including phenoxy) is 1. The molecule has 2 unspecified atom stereocenters. The number of nitrogens with zero attached hydrogens (tertiary/aromatic N) is 1. The van der Waals surface area contributed by atoms with Gasteiger partial charge >= 0.3 is 0 Å². The lowest BCUT2D eigenvalue weighted by molar-refractivity contribution is -0.132. The maximum atomic E-state index is 12.7. The van der Waals surface area contributed by atoms with Gasteiger partial charge in [0.1, 0.15) is 0 Å². The highest BCUT2D eigenvalue weighted by molar-refractivity contribution is 6.30. The number of carbonyl (C=O) groups is 2. The van der Waals surface area contributed by atoms with Crippen molar-refractivity contribution in [2.45, 2.75) is 31.8 Å². The minimum atomic E-state index is -0.551.